The third-order valence-corrected chi connectivity index (χ3v) is 5.63. The molecule has 3 amide bonds. The SMILES string of the molecule is CC(C)(C)OC(=O)Nc1ccccc1NC(=O)c1ccc2c(c1)CCC2NC(=O)COc1cccnc1. The number of nitrogens with zero attached hydrogens (tertiary/aromatic N) is 1. The van der Waals surface area contributed by atoms with Gasteiger partial charge in [0.1, 0.15) is 11.4 Å². The van der Waals surface area contributed by atoms with Gasteiger partial charge in [-0.25, -0.2) is 4.79 Å². The lowest BCUT2D eigenvalue weighted by Crippen LogP contribution is -2.31. The van der Waals surface area contributed by atoms with Crippen LogP contribution in [0.4, 0.5) is 16.2 Å². The molecule has 0 radical (unpaired) electrons. The maximum atomic E-state index is 13.0. The van der Waals surface area contributed by atoms with Crippen molar-refractivity contribution in [3.8, 4) is 5.75 Å². The number of rotatable bonds is 7. The van der Waals surface area contributed by atoms with Crippen LogP contribution in [-0.2, 0) is 16.0 Å². The highest BCUT2D eigenvalue weighted by Crippen LogP contribution is 2.32. The molecule has 2 aromatic carbocycles. The number of benzene rings is 2. The second-order valence-electron chi connectivity index (χ2n) is 9.68. The molecule has 9 nitrogen and oxygen atoms in total. The Bertz CT molecular complexity index is 1290. The number of aryl methyl sites for hydroxylation is 1. The van der Waals surface area contributed by atoms with E-state index in [2.05, 4.69) is 20.9 Å². The van der Waals surface area contributed by atoms with E-state index in [1.165, 1.54) is 0 Å². The molecular weight excluding hydrogens is 472 g/mol. The standard InChI is InChI=1S/C28H30N4O5/c1-28(2,3)37-27(35)32-24-9-5-4-8-23(24)31-26(34)19-10-12-21-18(15-19)11-13-22(21)30-25(33)17-36-20-7-6-14-29-16-20/h4-10,12,14-16,22H,11,13,17H2,1-3H3,(H,30,33)(H,31,34)(H,32,35). The largest absolute Gasteiger partial charge is 0.482 e. The molecule has 0 fully saturated rings. The fourth-order valence-electron chi connectivity index (χ4n) is 4.04. The molecule has 37 heavy (non-hydrogen) atoms. The van der Waals surface area contributed by atoms with Crippen molar-refractivity contribution in [2.24, 2.45) is 0 Å². The van der Waals surface area contributed by atoms with Crippen molar-refractivity contribution in [2.45, 2.75) is 45.3 Å². The zero-order chi connectivity index (χ0) is 26.4. The van der Waals surface area contributed by atoms with Crippen LogP contribution in [0.2, 0.25) is 0 Å². The Kier molecular flexibility index (Phi) is 7.71. The summed E-state index contributed by atoms with van der Waals surface area (Å²) in [6.45, 7) is 5.23. The van der Waals surface area contributed by atoms with E-state index in [4.69, 9.17) is 9.47 Å². The molecular formula is C28H30N4O5. The zero-order valence-corrected chi connectivity index (χ0v) is 21.0. The monoisotopic (exact) mass is 502 g/mol. The van der Waals surface area contributed by atoms with Gasteiger partial charge in [-0.05, 0) is 81.1 Å². The number of anilines is 2. The number of pyridine rings is 1. The Hall–Kier alpha value is -4.40. The second kappa shape index (κ2) is 11.1. The Balaban J connectivity index is 1.37. The van der Waals surface area contributed by atoms with Crippen LogP contribution in [0.5, 0.6) is 5.75 Å². The van der Waals surface area contributed by atoms with Gasteiger partial charge in [0, 0.05) is 11.8 Å². The number of hydrogen-bond acceptors (Lipinski definition) is 6. The van der Waals surface area contributed by atoms with Gasteiger partial charge >= 0.3 is 6.09 Å². The van der Waals surface area contributed by atoms with Gasteiger partial charge in [0.05, 0.1) is 23.6 Å². The van der Waals surface area contributed by atoms with Crippen molar-refractivity contribution in [2.75, 3.05) is 17.2 Å². The first-order chi connectivity index (χ1) is 17.7. The fraction of sp³-hybridized carbons (Fsp3) is 0.286. The van der Waals surface area contributed by atoms with Crippen LogP contribution >= 0.6 is 0 Å². The molecule has 3 N–H and O–H groups in total. The van der Waals surface area contributed by atoms with Crippen molar-refractivity contribution in [1.29, 1.82) is 0 Å². The van der Waals surface area contributed by atoms with Crippen LogP contribution in [0.25, 0.3) is 0 Å². The molecule has 1 aliphatic carbocycles. The van der Waals surface area contributed by atoms with E-state index in [1.807, 2.05) is 12.1 Å². The summed E-state index contributed by atoms with van der Waals surface area (Å²) in [6.07, 6.45) is 4.06. The fourth-order valence-corrected chi connectivity index (χ4v) is 4.04. The summed E-state index contributed by atoms with van der Waals surface area (Å²) in [6, 6.07) is 15.7. The molecule has 192 valence electrons. The van der Waals surface area contributed by atoms with Crippen LogP contribution in [0.1, 0.15) is 54.7 Å². The summed E-state index contributed by atoms with van der Waals surface area (Å²) in [5, 5.41) is 8.54. The molecule has 4 rings (SSSR count). The first kappa shape index (κ1) is 25.7. The predicted octanol–water partition coefficient (Wildman–Crippen LogP) is 4.86. The number of nitrogens with one attached hydrogen (secondary N) is 3. The predicted molar refractivity (Wildman–Crippen MR) is 140 cm³/mol. The van der Waals surface area contributed by atoms with Crippen molar-refractivity contribution in [3.63, 3.8) is 0 Å². The van der Waals surface area contributed by atoms with Gasteiger partial charge < -0.3 is 20.1 Å². The van der Waals surface area contributed by atoms with Gasteiger partial charge in [-0.1, -0.05) is 18.2 Å². The van der Waals surface area contributed by atoms with Crippen LogP contribution in [0.15, 0.2) is 67.0 Å². The summed E-state index contributed by atoms with van der Waals surface area (Å²) in [5.41, 5.74) is 2.72. The third-order valence-electron chi connectivity index (χ3n) is 5.63. The van der Waals surface area contributed by atoms with E-state index >= 15 is 0 Å². The van der Waals surface area contributed by atoms with Crippen LogP contribution in [-0.4, -0.2) is 35.1 Å². The molecule has 9 heteroatoms. The van der Waals surface area contributed by atoms with Crippen molar-refractivity contribution < 1.29 is 23.9 Å². The topological polar surface area (TPSA) is 119 Å². The van der Waals surface area contributed by atoms with Gasteiger partial charge in [-0.2, -0.15) is 0 Å². The molecule has 1 aliphatic rings. The Morgan fingerprint density at radius 1 is 1.00 bits per heavy atom. The summed E-state index contributed by atoms with van der Waals surface area (Å²) >= 11 is 0. The molecule has 0 saturated carbocycles. The quantitative estimate of drug-likeness (QED) is 0.424. The molecule has 1 unspecified atom stereocenters. The molecule has 0 aliphatic heterocycles. The number of amides is 3. The summed E-state index contributed by atoms with van der Waals surface area (Å²) < 4.78 is 10.8. The lowest BCUT2D eigenvalue weighted by molar-refractivity contribution is -0.123. The number of ether oxygens (including phenoxy) is 2. The number of fused-ring (bicyclic) bond motifs is 1. The van der Waals surface area contributed by atoms with Crippen molar-refractivity contribution >= 4 is 29.3 Å². The van der Waals surface area contributed by atoms with Gasteiger partial charge in [0.2, 0.25) is 0 Å². The van der Waals surface area contributed by atoms with E-state index in [9.17, 15) is 14.4 Å². The molecule has 0 saturated heterocycles. The highest BCUT2D eigenvalue weighted by Gasteiger charge is 2.25. The normalized spacial score (nSPS) is 14.3. The smallest absolute Gasteiger partial charge is 0.412 e. The minimum Gasteiger partial charge on any atom is -0.482 e. The maximum absolute atomic E-state index is 13.0. The molecule has 3 aromatic rings. The summed E-state index contributed by atoms with van der Waals surface area (Å²) in [4.78, 5) is 41.6. The van der Waals surface area contributed by atoms with E-state index in [0.29, 0.717) is 22.7 Å². The minimum atomic E-state index is -0.642. The van der Waals surface area contributed by atoms with Crippen LogP contribution < -0.4 is 20.7 Å². The average molecular weight is 503 g/mol. The number of aromatic nitrogens is 1. The van der Waals surface area contributed by atoms with Crippen molar-refractivity contribution in [3.05, 3.63) is 83.7 Å². The second-order valence-corrected chi connectivity index (χ2v) is 9.68. The number of para-hydroxylation sites is 2. The highest BCUT2D eigenvalue weighted by atomic mass is 16.6. The molecule has 0 spiro atoms. The van der Waals surface area contributed by atoms with Crippen molar-refractivity contribution in [1.82, 2.24) is 10.3 Å². The van der Waals surface area contributed by atoms with E-state index in [-0.39, 0.29) is 24.5 Å². The Labute approximate surface area is 215 Å². The Morgan fingerprint density at radius 3 is 2.46 bits per heavy atom. The third kappa shape index (κ3) is 7.07. The van der Waals surface area contributed by atoms with Crippen LogP contribution in [0, 0.1) is 0 Å². The lowest BCUT2D eigenvalue weighted by atomic mass is 10.0. The number of hydrogen-bond donors (Lipinski definition) is 3. The Morgan fingerprint density at radius 2 is 1.76 bits per heavy atom. The van der Waals surface area contributed by atoms with Gasteiger partial charge in [0.15, 0.2) is 6.61 Å². The van der Waals surface area contributed by atoms with E-state index in [1.54, 1.807) is 75.6 Å². The molecule has 1 atom stereocenters. The van der Waals surface area contributed by atoms with Gasteiger partial charge in [-0.3, -0.25) is 19.9 Å². The summed E-state index contributed by atoms with van der Waals surface area (Å²) in [7, 11) is 0. The van der Waals surface area contributed by atoms with Gasteiger partial charge in [0.25, 0.3) is 11.8 Å². The lowest BCUT2D eigenvalue weighted by Gasteiger charge is -2.20. The molecule has 1 aromatic heterocycles. The first-order valence-electron chi connectivity index (χ1n) is 12.0. The van der Waals surface area contributed by atoms with E-state index in [0.717, 1.165) is 24.0 Å². The minimum absolute atomic E-state index is 0.102. The number of carbonyl (C=O) groups is 3. The molecule has 0 bridgehead atoms. The van der Waals surface area contributed by atoms with E-state index < -0.39 is 11.7 Å². The average Bonchev–Trinajstić information content (AvgIpc) is 3.25. The maximum Gasteiger partial charge on any atom is 0.412 e. The molecule has 1 heterocycles. The summed E-state index contributed by atoms with van der Waals surface area (Å²) in [5.74, 6) is -0.000735. The highest BCUT2D eigenvalue weighted by molar-refractivity contribution is 6.07. The van der Waals surface area contributed by atoms with Crippen LogP contribution in [0.3, 0.4) is 0 Å². The number of carbonyl (C=O) groups excluding carboxylic acids is 3. The zero-order valence-electron chi connectivity index (χ0n) is 21.0. The van der Waals surface area contributed by atoms with Gasteiger partial charge in [-0.15, -0.1) is 0 Å². The first-order valence-corrected chi connectivity index (χ1v) is 12.0.